The van der Waals surface area contributed by atoms with Gasteiger partial charge < -0.3 is 95.8 Å². The molecule has 726 valence electrons. The van der Waals surface area contributed by atoms with E-state index in [9.17, 15) is 43.2 Å². The zero-order valence-corrected chi connectivity index (χ0v) is 85.8. The SMILES string of the molecule is CCc1cc(C(=O)N(C)C)cc(Br)n1.CCc1cc(C(=O)N(C)C)cc(NC)n1.CCc1nc(C(C)C)c(C(=O)N(C)C)s1.CCn1cc(NC)cc1C(=O)N1CCCC1.CNC(=O)c1cc(C)nc(NC)c1.CNc1cc(C(=O)N(C)C)cc(C(C)C)n1.CNc1cc(C(=O)N(C)C)cc(OC)n1.CNc1cc(C(=O)N(C)C)ccn1.CNc1cc(C(=O)N2CCOCC2)ccn1. The molecule has 133 heavy (non-hydrogen) atoms. The molecule has 9 amide bonds. The van der Waals surface area contributed by atoms with E-state index in [1.165, 1.54) is 28.2 Å². The maximum atomic E-state index is 12.2. The van der Waals surface area contributed by atoms with E-state index >= 15 is 0 Å². The van der Waals surface area contributed by atoms with E-state index in [0.29, 0.717) is 111 Å². The van der Waals surface area contributed by atoms with Crippen LogP contribution in [0, 0.1) is 6.92 Å². The Morgan fingerprint density at radius 3 is 1.31 bits per heavy atom. The third-order valence-corrected chi connectivity index (χ3v) is 21.1. The summed E-state index contributed by atoms with van der Waals surface area (Å²) in [6, 6.07) is 26.4. The van der Waals surface area contributed by atoms with E-state index in [-0.39, 0.29) is 53.2 Å². The highest BCUT2D eigenvalue weighted by molar-refractivity contribution is 9.10. The number of nitrogens with one attached hydrogen (secondary N) is 8. The molecule has 9 aromatic rings. The number of hydrogen-bond donors (Lipinski definition) is 8. The van der Waals surface area contributed by atoms with Crippen LogP contribution in [0.3, 0.4) is 0 Å². The normalized spacial score (nSPS) is 11.3. The molecule has 0 spiro atoms. The second kappa shape index (κ2) is 58.7. The van der Waals surface area contributed by atoms with E-state index < -0.39 is 0 Å². The summed E-state index contributed by atoms with van der Waals surface area (Å²) < 4.78 is 12.9. The number of anilines is 7. The number of hydrogen-bond acceptors (Lipinski definition) is 27. The number of morpholine rings is 1. The van der Waals surface area contributed by atoms with Crippen molar-refractivity contribution in [1.29, 1.82) is 0 Å². The first-order chi connectivity index (χ1) is 63.0. The molecule has 0 radical (unpaired) electrons. The summed E-state index contributed by atoms with van der Waals surface area (Å²) in [6.45, 7) is 23.5. The van der Waals surface area contributed by atoms with Crippen LogP contribution in [0.15, 0.2) is 114 Å². The third-order valence-electron chi connectivity index (χ3n) is 19.5. The quantitative estimate of drug-likeness (QED) is 0.0276. The Bertz CT molecular complexity index is 5100. The predicted molar refractivity (Wildman–Crippen MR) is 537 cm³/mol. The second-order valence-electron chi connectivity index (χ2n) is 31.6. The van der Waals surface area contributed by atoms with Gasteiger partial charge in [-0.1, -0.05) is 48.5 Å². The monoisotopic (exact) mass is 1920 g/mol. The molecule has 0 aromatic carbocycles. The Hall–Kier alpha value is -13.0. The number of likely N-dealkylation sites (tertiary alicyclic amines) is 1. The van der Waals surface area contributed by atoms with E-state index in [1.807, 2.05) is 67.7 Å². The summed E-state index contributed by atoms with van der Waals surface area (Å²) >= 11 is 4.81. The van der Waals surface area contributed by atoms with Gasteiger partial charge in [-0.05, 0) is 159 Å². The van der Waals surface area contributed by atoms with Crippen molar-refractivity contribution in [1.82, 2.24) is 89.0 Å². The lowest BCUT2D eigenvalue weighted by molar-refractivity contribution is 0.0302. The summed E-state index contributed by atoms with van der Waals surface area (Å²) in [6.07, 6.45) is 10.1. The fourth-order valence-corrected chi connectivity index (χ4v) is 13.7. The van der Waals surface area contributed by atoms with Crippen LogP contribution in [0.2, 0.25) is 0 Å². The maximum Gasteiger partial charge on any atom is 0.270 e. The fourth-order valence-electron chi connectivity index (χ4n) is 12.0. The average molecular weight is 1920 g/mol. The number of pyridine rings is 7. The van der Waals surface area contributed by atoms with Crippen LogP contribution in [0.5, 0.6) is 5.88 Å². The van der Waals surface area contributed by atoms with Crippen molar-refractivity contribution in [2.45, 2.75) is 113 Å². The van der Waals surface area contributed by atoms with Crippen LogP contribution >= 0.6 is 27.3 Å². The summed E-state index contributed by atoms with van der Waals surface area (Å²) in [4.78, 5) is 154. The predicted octanol–water partition coefficient (Wildman–Crippen LogP) is 12.8. The molecule has 36 nitrogen and oxygen atoms in total. The Labute approximate surface area is 798 Å². The van der Waals surface area contributed by atoms with Crippen molar-refractivity contribution in [2.24, 2.45) is 0 Å². The van der Waals surface area contributed by atoms with Gasteiger partial charge in [-0.15, -0.1) is 11.3 Å². The minimum Gasteiger partial charge on any atom is -0.481 e. The number of carbonyl (C=O) groups excluding carboxylic acids is 9. The summed E-state index contributed by atoms with van der Waals surface area (Å²) in [5.41, 5.74) is 10.9. The molecule has 0 saturated carbocycles. The van der Waals surface area contributed by atoms with Crippen molar-refractivity contribution in [3.05, 3.63) is 197 Å². The van der Waals surface area contributed by atoms with Gasteiger partial charge in [-0.25, -0.2) is 34.9 Å². The smallest absolute Gasteiger partial charge is 0.270 e. The summed E-state index contributed by atoms with van der Waals surface area (Å²) in [5, 5.41) is 24.2. The number of aromatic nitrogens is 9. The van der Waals surface area contributed by atoms with Gasteiger partial charge in [0, 0.05) is 260 Å². The summed E-state index contributed by atoms with van der Waals surface area (Å²) in [5.74, 6) is 5.33. The number of ether oxygens (including phenoxy) is 2. The van der Waals surface area contributed by atoms with Crippen LogP contribution in [0.4, 0.5) is 40.6 Å². The molecule has 0 atom stereocenters. The molecule has 0 aliphatic carbocycles. The largest absolute Gasteiger partial charge is 0.481 e. The summed E-state index contributed by atoms with van der Waals surface area (Å²) in [7, 11) is 36.5. The van der Waals surface area contributed by atoms with Crippen molar-refractivity contribution in [2.75, 3.05) is 225 Å². The Morgan fingerprint density at radius 2 is 0.865 bits per heavy atom. The molecule has 38 heteroatoms. The average Bonchev–Trinajstić information content (AvgIpc) is 1.68. The number of thiazole rings is 1. The van der Waals surface area contributed by atoms with Gasteiger partial charge >= 0.3 is 0 Å². The van der Waals surface area contributed by atoms with Gasteiger partial charge in [0.1, 0.15) is 50.1 Å². The molecule has 9 aromatic heterocycles. The fraction of sp³-hybridized carbons (Fsp3) is 0.463. The lowest BCUT2D eigenvalue weighted by Crippen LogP contribution is -2.40. The molecular formula is C95H142BrN25O11S. The van der Waals surface area contributed by atoms with Gasteiger partial charge in [0.15, 0.2) is 0 Å². The van der Waals surface area contributed by atoms with Gasteiger partial charge in [-0.3, -0.25) is 43.2 Å². The zero-order valence-electron chi connectivity index (χ0n) is 83.4. The Balaban J connectivity index is 0.000000386. The molecule has 11 heterocycles. The number of halogens is 1. The second-order valence-corrected chi connectivity index (χ2v) is 33.5. The molecule has 2 fully saturated rings. The highest BCUT2D eigenvalue weighted by Crippen LogP contribution is 2.28. The van der Waals surface area contributed by atoms with Crippen molar-refractivity contribution in [3.8, 4) is 5.88 Å². The highest BCUT2D eigenvalue weighted by atomic mass is 79.9. The van der Waals surface area contributed by atoms with Gasteiger partial charge in [0.25, 0.3) is 53.2 Å². The van der Waals surface area contributed by atoms with Gasteiger partial charge in [-0.2, -0.15) is 4.98 Å². The molecule has 2 saturated heterocycles. The number of carbonyl (C=O) groups is 9. The highest BCUT2D eigenvalue weighted by Gasteiger charge is 2.25. The Kier molecular flexibility index (Phi) is 50.4. The van der Waals surface area contributed by atoms with Crippen molar-refractivity contribution >= 4 is 121 Å². The number of methoxy groups -OCH3 is 1. The molecule has 0 unspecified atom stereocenters. The van der Waals surface area contributed by atoms with Crippen LogP contribution in [-0.2, 0) is 30.5 Å². The standard InChI is InChI=1S/2C12H19N3O.C11H15N3O2.C11H17N3O.C11H18N2OS.C10H13BrN2O.C10H15N3O2.2C9H13N3O/c1-3-14-9-10(13-2)8-11(14)12(16)15-6-4-5-7-15;1-8(2)10-6-9(12(16)15(4)5)7-11(13-3)14-10;1-12-10-8-9(2-3-13-10)11(15)14-4-6-16-7-5-14;1-5-9-6-8(11(15)14(3)4)7-10(12-2)13-9;1-6-8-12-9(7(2)3)10(15-8)11(14)13(4)5;1-4-8-5-7(6-9(11)12-8)10(14)13(2)3;1-11-8-5-7(10(14)13(2)3)6-9(12-8)15-4;1-6-4-7(9(13)11-3)5-8(10-2)12-6;1-10-8-6-7(4-5-11-8)9(13)12(2)3/h8-9,13H,3-7H2,1-2H3;6-8H,1-5H3,(H,13,14);2-3,8H,4-7H2,1H3,(H,12,13);6-7H,5H2,1-4H3,(H,12,13);7H,6H2,1-5H3;5-6H,4H2,1-3H3;5-6H,1-4H3,(H,11,12);4-5H,1-3H3,(H,10,12)(H,11,13);4-6H,1-3H3,(H,10,11). The molecule has 2 aliphatic rings. The number of nitrogens with zero attached hydrogens (tertiary/aromatic N) is 17. The molecule has 0 bridgehead atoms. The Morgan fingerprint density at radius 1 is 0.444 bits per heavy atom. The van der Waals surface area contributed by atoms with E-state index in [2.05, 4.69) is 140 Å². The minimum atomic E-state index is -0.0954. The van der Waals surface area contributed by atoms with Gasteiger partial charge in [0.05, 0.1) is 36.7 Å². The van der Waals surface area contributed by atoms with E-state index in [4.69, 9.17) is 9.47 Å². The van der Waals surface area contributed by atoms with Gasteiger partial charge in [0.2, 0.25) is 5.88 Å². The third kappa shape index (κ3) is 37.7. The number of aryl methyl sites for hydroxylation is 5. The topological polar surface area (TPSA) is 402 Å². The van der Waals surface area contributed by atoms with Crippen LogP contribution in [0.1, 0.15) is 206 Å². The van der Waals surface area contributed by atoms with Crippen LogP contribution in [0.25, 0.3) is 0 Å². The van der Waals surface area contributed by atoms with Crippen molar-refractivity contribution in [3.63, 3.8) is 0 Å². The first-order valence-electron chi connectivity index (χ1n) is 43.8. The van der Waals surface area contributed by atoms with Crippen LogP contribution in [-0.4, -0.2) is 324 Å². The molecule has 2 aliphatic heterocycles. The molecular weight excluding hydrogens is 1780 g/mol. The first-order valence-corrected chi connectivity index (χ1v) is 45.4. The van der Waals surface area contributed by atoms with Crippen molar-refractivity contribution < 1.29 is 52.6 Å². The van der Waals surface area contributed by atoms with Crippen LogP contribution < -0.4 is 47.3 Å². The van der Waals surface area contributed by atoms with E-state index in [1.54, 1.807) is 238 Å². The lowest BCUT2D eigenvalue weighted by Gasteiger charge is -2.26. The maximum absolute atomic E-state index is 12.2. The zero-order chi connectivity index (χ0) is 100. The number of amides is 9. The lowest BCUT2D eigenvalue weighted by atomic mass is 10.1. The number of rotatable bonds is 23. The molecule has 8 N–H and O–H groups in total. The van der Waals surface area contributed by atoms with E-state index in [0.717, 1.165) is 113 Å². The first kappa shape index (κ1) is 114. The minimum absolute atomic E-state index is 0.000741. The molecule has 11 rings (SSSR count).